The second-order valence-corrected chi connectivity index (χ2v) is 6.19. The van der Waals surface area contributed by atoms with Crippen LogP contribution >= 0.6 is 0 Å². The van der Waals surface area contributed by atoms with E-state index in [1.54, 1.807) is 0 Å². The standard InChI is InChI=1S/C19H21N3/c20-19-18-7-3-2-6-15(18)14-22(19)17-10-8-16(9-11-17)21-12-4-1-5-13-21/h2-3,6-11,20H,1,4-5,12-14H2/p+1. The van der Waals surface area contributed by atoms with Gasteiger partial charge in [-0.2, -0.15) is 0 Å². The number of nitrogens with two attached hydrogens (primary N) is 1. The molecular formula is C19H22N3+. The maximum absolute atomic E-state index is 6.34. The van der Waals surface area contributed by atoms with Gasteiger partial charge in [0.15, 0.2) is 0 Å². The molecule has 0 saturated carbocycles. The van der Waals surface area contributed by atoms with Crippen molar-refractivity contribution in [3.63, 3.8) is 0 Å². The minimum atomic E-state index is 0.862. The van der Waals surface area contributed by atoms with E-state index < -0.39 is 0 Å². The summed E-state index contributed by atoms with van der Waals surface area (Å²) in [4.78, 5) is 2.49. The lowest BCUT2D eigenvalue weighted by atomic mass is 10.1. The first kappa shape index (κ1) is 13.4. The van der Waals surface area contributed by atoms with Crippen LogP contribution < -0.4 is 10.6 Å². The lowest BCUT2D eigenvalue weighted by Gasteiger charge is -2.28. The maximum atomic E-state index is 6.34. The molecule has 2 aliphatic rings. The molecule has 0 aliphatic carbocycles. The van der Waals surface area contributed by atoms with Gasteiger partial charge in [-0.25, -0.2) is 4.58 Å². The molecule has 22 heavy (non-hydrogen) atoms. The van der Waals surface area contributed by atoms with E-state index in [1.807, 2.05) is 0 Å². The topological polar surface area (TPSA) is 32.3 Å². The van der Waals surface area contributed by atoms with Crippen LogP contribution in [0, 0.1) is 0 Å². The summed E-state index contributed by atoms with van der Waals surface area (Å²) in [6.45, 7) is 3.23. The van der Waals surface area contributed by atoms with Gasteiger partial charge >= 0.3 is 0 Å². The Labute approximate surface area is 131 Å². The predicted octanol–water partition coefficient (Wildman–Crippen LogP) is 3.24. The van der Waals surface area contributed by atoms with Crippen LogP contribution in [-0.2, 0) is 6.54 Å². The number of benzene rings is 2. The van der Waals surface area contributed by atoms with Crippen LogP contribution in [0.15, 0.2) is 48.5 Å². The average Bonchev–Trinajstić information content (AvgIpc) is 2.93. The number of hydrogen-bond acceptors (Lipinski definition) is 2. The fourth-order valence-corrected chi connectivity index (χ4v) is 3.53. The van der Waals surface area contributed by atoms with Gasteiger partial charge in [0.1, 0.15) is 12.2 Å². The van der Waals surface area contributed by atoms with Gasteiger partial charge in [0.25, 0.3) is 5.84 Å². The highest BCUT2D eigenvalue weighted by molar-refractivity contribution is 5.97. The Hall–Kier alpha value is -2.29. The Balaban J connectivity index is 1.61. The molecule has 0 unspecified atom stereocenters. The molecule has 2 aromatic carbocycles. The Morgan fingerprint density at radius 2 is 1.59 bits per heavy atom. The number of piperidine rings is 1. The number of anilines is 1. The molecule has 0 radical (unpaired) electrons. The zero-order chi connectivity index (χ0) is 14.9. The van der Waals surface area contributed by atoms with E-state index >= 15 is 0 Å². The summed E-state index contributed by atoms with van der Waals surface area (Å²) in [7, 11) is 0. The molecule has 4 rings (SSSR count). The molecule has 2 N–H and O–H groups in total. The van der Waals surface area contributed by atoms with Crippen molar-refractivity contribution in [3.05, 3.63) is 59.7 Å². The van der Waals surface area contributed by atoms with E-state index in [2.05, 4.69) is 58.0 Å². The van der Waals surface area contributed by atoms with Crippen molar-refractivity contribution < 1.29 is 4.58 Å². The predicted molar refractivity (Wildman–Crippen MR) is 90.9 cm³/mol. The Kier molecular flexibility index (Phi) is 3.34. The van der Waals surface area contributed by atoms with Crippen LogP contribution in [0.5, 0.6) is 0 Å². The summed E-state index contributed by atoms with van der Waals surface area (Å²) in [5.74, 6) is 0.862. The monoisotopic (exact) mass is 292 g/mol. The molecule has 2 aromatic rings. The number of rotatable bonds is 2. The van der Waals surface area contributed by atoms with Crippen LogP contribution in [0.25, 0.3) is 0 Å². The maximum Gasteiger partial charge on any atom is 0.280 e. The molecule has 0 aromatic heterocycles. The molecule has 3 heteroatoms. The van der Waals surface area contributed by atoms with E-state index in [4.69, 9.17) is 5.73 Å². The normalized spacial score (nSPS) is 17.7. The molecular weight excluding hydrogens is 270 g/mol. The molecule has 0 bridgehead atoms. The number of hydrogen-bond donors (Lipinski definition) is 1. The fraction of sp³-hybridized carbons (Fsp3) is 0.316. The third kappa shape index (κ3) is 2.27. The fourth-order valence-electron chi connectivity index (χ4n) is 3.53. The molecule has 0 spiro atoms. The lowest BCUT2D eigenvalue weighted by molar-refractivity contribution is -0.453. The molecule has 0 amide bonds. The highest BCUT2D eigenvalue weighted by atomic mass is 15.1. The molecule has 1 saturated heterocycles. The number of amidine groups is 1. The first-order valence-electron chi connectivity index (χ1n) is 8.16. The minimum Gasteiger partial charge on any atom is -0.372 e. The smallest absolute Gasteiger partial charge is 0.280 e. The van der Waals surface area contributed by atoms with Crippen LogP contribution in [-0.4, -0.2) is 23.5 Å². The largest absolute Gasteiger partial charge is 0.372 e. The van der Waals surface area contributed by atoms with Crippen LogP contribution in [0.4, 0.5) is 11.4 Å². The van der Waals surface area contributed by atoms with Gasteiger partial charge in [-0.15, -0.1) is 0 Å². The minimum absolute atomic E-state index is 0.862. The zero-order valence-corrected chi connectivity index (χ0v) is 12.8. The number of nitrogens with zero attached hydrogens (tertiary/aromatic N) is 2. The third-order valence-corrected chi connectivity index (χ3v) is 4.80. The van der Waals surface area contributed by atoms with Crippen molar-refractivity contribution in [1.29, 1.82) is 0 Å². The van der Waals surface area contributed by atoms with Gasteiger partial charge in [-0.05, 0) is 49.6 Å². The van der Waals surface area contributed by atoms with Crippen molar-refractivity contribution in [1.82, 2.24) is 0 Å². The van der Waals surface area contributed by atoms with Gasteiger partial charge in [-0.3, -0.25) is 5.73 Å². The summed E-state index contributed by atoms with van der Waals surface area (Å²) >= 11 is 0. The van der Waals surface area contributed by atoms with Crippen LogP contribution in [0.3, 0.4) is 0 Å². The van der Waals surface area contributed by atoms with Crippen molar-refractivity contribution in [2.24, 2.45) is 5.73 Å². The second-order valence-electron chi connectivity index (χ2n) is 6.19. The van der Waals surface area contributed by atoms with Crippen molar-refractivity contribution in [2.45, 2.75) is 25.8 Å². The molecule has 3 nitrogen and oxygen atoms in total. The molecule has 2 aliphatic heterocycles. The van der Waals surface area contributed by atoms with E-state index in [9.17, 15) is 0 Å². The second kappa shape index (κ2) is 5.48. The molecule has 112 valence electrons. The lowest BCUT2D eigenvalue weighted by Crippen LogP contribution is -2.29. The van der Waals surface area contributed by atoms with E-state index in [-0.39, 0.29) is 0 Å². The van der Waals surface area contributed by atoms with Crippen LogP contribution in [0.2, 0.25) is 0 Å². The van der Waals surface area contributed by atoms with E-state index in [0.717, 1.165) is 12.4 Å². The number of fused-ring (bicyclic) bond motifs is 1. The molecule has 2 heterocycles. The zero-order valence-electron chi connectivity index (χ0n) is 12.8. The van der Waals surface area contributed by atoms with Gasteiger partial charge in [0, 0.05) is 24.3 Å². The highest BCUT2D eigenvalue weighted by Crippen LogP contribution is 2.27. The summed E-state index contributed by atoms with van der Waals surface area (Å²) in [5.41, 5.74) is 11.3. The summed E-state index contributed by atoms with van der Waals surface area (Å²) in [6.07, 6.45) is 3.99. The molecule has 0 atom stereocenters. The van der Waals surface area contributed by atoms with Crippen molar-refractivity contribution in [2.75, 3.05) is 18.0 Å². The van der Waals surface area contributed by atoms with Gasteiger partial charge in [0.2, 0.25) is 0 Å². The third-order valence-electron chi connectivity index (χ3n) is 4.80. The Bertz CT molecular complexity index is 710. The van der Waals surface area contributed by atoms with E-state index in [1.165, 1.54) is 54.9 Å². The molecule has 1 fully saturated rings. The van der Waals surface area contributed by atoms with Gasteiger partial charge in [-0.1, -0.05) is 18.2 Å². The van der Waals surface area contributed by atoms with E-state index in [0.29, 0.717) is 0 Å². The van der Waals surface area contributed by atoms with Crippen LogP contribution in [0.1, 0.15) is 30.4 Å². The summed E-state index contributed by atoms with van der Waals surface area (Å²) in [6, 6.07) is 17.2. The van der Waals surface area contributed by atoms with Gasteiger partial charge < -0.3 is 4.90 Å². The first-order valence-corrected chi connectivity index (χ1v) is 8.16. The highest BCUT2D eigenvalue weighted by Gasteiger charge is 2.25. The van der Waals surface area contributed by atoms with Crippen molar-refractivity contribution >= 4 is 17.2 Å². The average molecular weight is 292 g/mol. The SMILES string of the molecule is NC1=[N+](c2ccc(N3CCCCC3)cc2)Cc2ccccc21. The summed E-state index contributed by atoms with van der Waals surface area (Å²) in [5, 5.41) is 0. The van der Waals surface area contributed by atoms with Crippen molar-refractivity contribution in [3.8, 4) is 0 Å². The first-order chi connectivity index (χ1) is 10.8. The quantitative estimate of drug-likeness (QED) is 0.862. The Morgan fingerprint density at radius 1 is 0.864 bits per heavy atom. The Morgan fingerprint density at radius 3 is 2.32 bits per heavy atom. The summed E-state index contributed by atoms with van der Waals surface area (Å²) < 4.78 is 2.20. The van der Waals surface area contributed by atoms with Gasteiger partial charge in [0.05, 0.1) is 5.56 Å².